The fourth-order valence-electron chi connectivity index (χ4n) is 6.34. The first-order chi connectivity index (χ1) is 19.9. The molecule has 7 nitrogen and oxygen atoms in total. The SMILES string of the molecule is C/C=C/C=C/C(=O)OC1(c2ccccc2)CCN(c2ccc(C3(OC(=O)C4CCC(=O)C4)CCNCC3)cc2)CC1. The number of hydrogen-bond acceptors (Lipinski definition) is 7. The molecule has 2 saturated heterocycles. The van der Waals surface area contributed by atoms with Gasteiger partial charge in [0, 0.05) is 63.4 Å². The third-order valence-electron chi connectivity index (χ3n) is 8.75. The zero-order valence-corrected chi connectivity index (χ0v) is 23.8. The minimum absolute atomic E-state index is 0.147. The number of rotatable bonds is 8. The molecule has 1 unspecified atom stereocenters. The van der Waals surface area contributed by atoms with Crippen molar-refractivity contribution in [2.45, 2.75) is 63.1 Å². The average Bonchev–Trinajstić information content (AvgIpc) is 3.45. The van der Waals surface area contributed by atoms with Gasteiger partial charge in [0.2, 0.25) is 0 Å². The summed E-state index contributed by atoms with van der Waals surface area (Å²) < 4.78 is 12.4. The molecule has 1 N–H and O–H groups in total. The number of ether oxygens (including phenoxy) is 2. The van der Waals surface area contributed by atoms with Crippen molar-refractivity contribution in [2.75, 3.05) is 31.1 Å². The predicted molar refractivity (Wildman–Crippen MR) is 158 cm³/mol. The van der Waals surface area contributed by atoms with Crippen LogP contribution in [0.3, 0.4) is 0 Å². The van der Waals surface area contributed by atoms with Crippen LogP contribution in [0.4, 0.5) is 5.69 Å². The number of nitrogens with one attached hydrogen (secondary N) is 1. The van der Waals surface area contributed by atoms with Crippen molar-refractivity contribution in [3.63, 3.8) is 0 Å². The molecular formula is C34H40N2O5. The van der Waals surface area contributed by atoms with Crippen LogP contribution in [0.25, 0.3) is 0 Å². The van der Waals surface area contributed by atoms with Crippen LogP contribution in [-0.2, 0) is 35.1 Å². The van der Waals surface area contributed by atoms with Crippen molar-refractivity contribution in [1.29, 1.82) is 0 Å². The molecule has 216 valence electrons. The molecule has 0 radical (unpaired) electrons. The van der Waals surface area contributed by atoms with E-state index in [4.69, 9.17) is 9.47 Å². The number of anilines is 1. The molecular weight excluding hydrogens is 516 g/mol. The molecule has 2 heterocycles. The highest BCUT2D eigenvalue weighted by Crippen LogP contribution is 2.40. The van der Waals surface area contributed by atoms with Crippen LogP contribution < -0.4 is 10.2 Å². The summed E-state index contributed by atoms with van der Waals surface area (Å²) in [7, 11) is 0. The van der Waals surface area contributed by atoms with E-state index in [1.165, 1.54) is 6.08 Å². The van der Waals surface area contributed by atoms with Gasteiger partial charge in [-0.3, -0.25) is 9.59 Å². The van der Waals surface area contributed by atoms with Crippen molar-refractivity contribution in [3.05, 3.63) is 90.0 Å². The molecule has 2 aromatic carbocycles. The summed E-state index contributed by atoms with van der Waals surface area (Å²) in [5.41, 5.74) is 1.75. The summed E-state index contributed by atoms with van der Waals surface area (Å²) in [5, 5.41) is 3.37. The van der Waals surface area contributed by atoms with Crippen molar-refractivity contribution < 1.29 is 23.9 Å². The lowest BCUT2D eigenvalue weighted by Crippen LogP contribution is -2.45. The predicted octanol–water partition coefficient (Wildman–Crippen LogP) is 5.35. The van der Waals surface area contributed by atoms with Gasteiger partial charge in [0.15, 0.2) is 0 Å². The number of ketones is 1. The molecule has 41 heavy (non-hydrogen) atoms. The van der Waals surface area contributed by atoms with E-state index in [-0.39, 0.29) is 23.6 Å². The van der Waals surface area contributed by atoms with E-state index >= 15 is 0 Å². The van der Waals surface area contributed by atoms with Gasteiger partial charge in [-0.1, -0.05) is 60.7 Å². The largest absolute Gasteiger partial charge is 0.454 e. The first-order valence-electron chi connectivity index (χ1n) is 14.8. The van der Waals surface area contributed by atoms with Crippen molar-refractivity contribution in [1.82, 2.24) is 5.32 Å². The van der Waals surface area contributed by atoms with Crippen LogP contribution in [-0.4, -0.2) is 43.9 Å². The summed E-state index contributed by atoms with van der Waals surface area (Å²) in [6.45, 7) is 4.92. The van der Waals surface area contributed by atoms with E-state index in [9.17, 15) is 14.4 Å². The molecule has 0 amide bonds. The Morgan fingerprint density at radius 2 is 1.54 bits per heavy atom. The fourth-order valence-corrected chi connectivity index (χ4v) is 6.34. The quantitative estimate of drug-likeness (QED) is 0.267. The summed E-state index contributed by atoms with van der Waals surface area (Å²) in [6.07, 6.45) is 11.0. The third kappa shape index (κ3) is 6.62. The summed E-state index contributed by atoms with van der Waals surface area (Å²) in [6, 6.07) is 18.4. The van der Waals surface area contributed by atoms with Crippen LogP contribution in [0.1, 0.15) is 63.0 Å². The first kappa shape index (κ1) is 28.8. The molecule has 0 aromatic heterocycles. The first-order valence-corrected chi connectivity index (χ1v) is 14.8. The van der Waals surface area contributed by atoms with Crippen LogP contribution in [0.5, 0.6) is 0 Å². The molecule has 3 fully saturated rings. The Hall–Kier alpha value is -3.71. The number of nitrogens with zero attached hydrogens (tertiary/aromatic N) is 1. The third-order valence-corrected chi connectivity index (χ3v) is 8.75. The number of carbonyl (C=O) groups excluding carboxylic acids is 3. The second-order valence-electron chi connectivity index (χ2n) is 11.3. The summed E-state index contributed by atoms with van der Waals surface area (Å²) in [4.78, 5) is 39.8. The van der Waals surface area contributed by atoms with Gasteiger partial charge in [-0.15, -0.1) is 0 Å². The second kappa shape index (κ2) is 12.9. The molecule has 7 heteroatoms. The molecule has 2 aliphatic heterocycles. The minimum Gasteiger partial charge on any atom is -0.454 e. The molecule has 5 rings (SSSR count). The number of benzene rings is 2. The highest BCUT2D eigenvalue weighted by molar-refractivity contribution is 5.88. The molecule has 1 saturated carbocycles. The Kier molecular flexibility index (Phi) is 9.03. The highest BCUT2D eigenvalue weighted by Gasteiger charge is 2.42. The van der Waals surface area contributed by atoms with Gasteiger partial charge in [-0.25, -0.2) is 4.79 Å². The fraction of sp³-hybridized carbons (Fsp3) is 0.441. The Labute approximate surface area is 242 Å². The highest BCUT2D eigenvalue weighted by atomic mass is 16.6. The van der Waals surface area contributed by atoms with Crippen molar-refractivity contribution in [2.24, 2.45) is 5.92 Å². The van der Waals surface area contributed by atoms with E-state index in [0.29, 0.717) is 44.9 Å². The molecule has 0 spiro atoms. The van der Waals surface area contributed by atoms with Gasteiger partial charge in [-0.05, 0) is 49.7 Å². The minimum atomic E-state index is -0.677. The zero-order valence-electron chi connectivity index (χ0n) is 23.8. The lowest BCUT2D eigenvalue weighted by atomic mass is 9.83. The molecule has 1 atom stereocenters. The van der Waals surface area contributed by atoms with E-state index in [2.05, 4.69) is 34.5 Å². The van der Waals surface area contributed by atoms with Crippen molar-refractivity contribution in [3.8, 4) is 0 Å². The van der Waals surface area contributed by atoms with Gasteiger partial charge in [0.1, 0.15) is 17.0 Å². The molecule has 0 bridgehead atoms. The van der Waals surface area contributed by atoms with Crippen LogP contribution in [0, 0.1) is 5.92 Å². The van der Waals surface area contributed by atoms with E-state index in [1.54, 1.807) is 6.08 Å². The van der Waals surface area contributed by atoms with Crippen LogP contribution >= 0.6 is 0 Å². The van der Waals surface area contributed by atoms with Crippen LogP contribution in [0.15, 0.2) is 78.9 Å². The van der Waals surface area contributed by atoms with E-state index in [0.717, 1.165) is 43.0 Å². The van der Waals surface area contributed by atoms with Gasteiger partial charge < -0.3 is 19.7 Å². The average molecular weight is 557 g/mol. The maximum atomic E-state index is 13.0. The number of carbonyl (C=O) groups is 3. The lowest BCUT2D eigenvalue weighted by Gasteiger charge is -2.42. The number of Topliss-reactive ketones (excluding diaryl/α,β-unsaturated/α-hetero) is 1. The molecule has 2 aromatic rings. The van der Waals surface area contributed by atoms with Gasteiger partial charge in [0.25, 0.3) is 0 Å². The Morgan fingerprint density at radius 3 is 2.17 bits per heavy atom. The standard InChI is InChI=1S/C34H40N2O5/c1-2-3-5-10-31(38)40-34(27-8-6-4-7-9-27)19-23-36(24-20-34)29-14-12-28(13-15-29)33(17-21-35-22-18-33)41-32(39)26-11-16-30(37)25-26/h2-10,12-15,26,35H,11,16-25H2,1H3/b3-2+,10-5+. The number of esters is 2. The second-order valence-corrected chi connectivity index (χ2v) is 11.3. The monoisotopic (exact) mass is 556 g/mol. The number of allylic oxidation sites excluding steroid dienone is 3. The summed E-state index contributed by atoms with van der Waals surface area (Å²) >= 11 is 0. The topological polar surface area (TPSA) is 84.9 Å². The molecule has 3 aliphatic rings. The van der Waals surface area contributed by atoms with Crippen LogP contribution in [0.2, 0.25) is 0 Å². The zero-order chi connectivity index (χ0) is 28.7. The summed E-state index contributed by atoms with van der Waals surface area (Å²) in [5.74, 6) is -0.758. The Bertz CT molecular complexity index is 1270. The Balaban J connectivity index is 1.29. The number of hydrogen-bond donors (Lipinski definition) is 1. The maximum absolute atomic E-state index is 13.0. The smallest absolute Gasteiger partial charge is 0.331 e. The van der Waals surface area contributed by atoms with Gasteiger partial charge in [0.05, 0.1) is 5.92 Å². The van der Waals surface area contributed by atoms with Crippen molar-refractivity contribution >= 4 is 23.4 Å². The van der Waals surface area contributed by atoms with Gasteiger partial charge in [-0.2, -0.15) is 0 Å². The normalized spacial score (nSPS) is 22.2. The maximum Gasteiger partial charge on any atom is 0.331 e. The van der Waals surface area contributed by atoms with E-state index in [1.807, 2.05) is 49.4 Å². The van der Waals surface area contributed by atoms with Gasteiger partial charge >= 0.3 is 11.9 Å². The number of piperidine rings is 2. The lowest BCUT2D eigenvalue weighted by molar-refractivity contribution is -0.169. The Morgan fingerprint density at radius 1 is 0.878 bits per heavy atom. The van der Waals surface area contributed by atoms with E-state index < -0.39 is 11.2 Å². The molecule has 1 aliphatic carbocycles.